The Bertz CT molecular complexity index is 826. The SMILES string of the molecule is CC(C)CN(C)C(=O)CCSCc1nc2sc3c(c2c(=O)[nH]1)CCC3. The van der Waals surface area contributed by atoms with Crippen molar-refractivity contribution in [1.82, 2.24) is 14.9 Å². The lowest BCUT2D eigenvalue weighted by Gasteiger charge is -2.19. The van der Waals surface area contributed by atoms with E-state index in [0.29, 0.717) is 23.9 Å². The number of aryl methyl sites for hydroxylation is 2. The first kappa shape index (κ1) is 18.5. The van der Waals surface area contributed by atoms with Gasteiger partial charge in [0.05, 0.1) is 11.1 Å². The predicted molar refractivity (Wildman–Crippen MR) is 106 cm³/mol. The molecule has 2 aromatic rings. The molecule has 7 heteroatoms. The summed E-state index contributed by atoms with van der Waals surface area (Å²) < 4.78 is 0. The molecule has 0 aliphatic heterocycles. The van der Waals surface area contributed by atoms with E-state index in [9.17, 15) is 9.59 Å². The molecule has 2 aromatic heterocycles. The number of hydrogen-bond donors (Lipinski definition) is 1. The van der Waals surface area contributed by atoms with E-state index in [1.165, 1.54) is 10.4 Å². The van der Waals surface area contributed by atoms with Crippen molar-refractivity contribution in [3.8, 4) is 0 Å². The van der Waals surface area contributed by atoms with Crippen LogP contribution in [0.25, 0.3) is 10.2 Å². The summed E-state index contributed by atoms with van der Waals surface area (Å²) in [5.41, 5.74) is 1.21. The van der Waals surface area contributed by atoms with Crippen LogP contribution >= 0.6 is 23.1 Å². The number of carbonyl (C=O) groups excluding carboxylic acids is 1. The number of fused-ring (bicyclic) bond motifs is 3. The fourth-order valence-corrected chi connectivity index (χ4v) is 5.36. The zero-order chi connectivity index (χ0) is 18.0. The minimum atomic E-state index is -0.00672. The number of thiophene rings is 1. The lowest BCUT2D eigenvalue weighted by Crippen LogP contribution is -2.30. The number of carbonyl (C=O) groups is 1. The second-order valence-electron chi connectivity index (χ2n) is 7.02. The van der Waals surface area contributed by atoms with Gasteiger partial charge in [-0.05, 0) is 30.7 Å². The van der Waals surface area contributed by atoms with E-state index in [1.807, 2.05) is 7.05 Å². The van der Waals surface area contributed by atoms with Crippen molar-refractivity contribution in [3.05, 3.63) is 26.6 Å². The third kappa shape index (κ3) is 4.26. The lowest BCUT2D eigenvalue weighted by molar-refractivity contribution is -0.129. The second kappa shape index (κ2) is 7.91. The average Bonchev–Trinajstić information content (AvgIpc) is 3.10. The fourth-order valence-electron chi connectivity index (χ4n) is 3.28. The van der Waals surface area contributed by atoms with Gasteiger partial charge in [0.1, 0.15) is 10.7 Å². The van der Waals surface area contributed by atoms with E-state index < -0.39 is 0 Å². The molecule has 0 fully saturated rings. The van der Waals surface area contributed by atoms with Gasteiger partial charge in [0.2, 0.25) is 5.91 Å². The number of rotatable bonds is 7. The molecule has 0 radical (unpaired) electrons. The number of nitrogens with zero attached hydrogens (tertiary/aromatic N) is 2. The second-order valence-corrected chi connectivity index (χ2v) is 9.21. The molecular weight excluding hydrogens is 354 g/mol. The number of amides is 1. The highest BCUT2D eigenvalue weighted by molar-refractivity contribution is 7.98. The smallest absolute Gasteiger partial charge is 0.259 e. The van der Waals surface area contributed by atoms with Crippen LogP contribution in [0.4, 0.5) is 0 Å². The number of aromatic amines is 1. The Morgan fingerprint density at radius 3 is 2.96 bits per heavy atom. The maximum Gasteiger partial charge on any atom is 0.259 e. The monoisotopic (exact) mass is 379 g/mol. The third-order valence-electron chi connectivity index (χ3n) is 4.39. The molecule has 1 amide bonds. The van der Waals surface area contributed by atoms with E-state index in [4.69, 9.17) is 0 Å². The molecule has 0 bridgehead atoms. The van der Waals surface area contributed by atoms with Gasteiger partial charge in [-0.2, -0.15) is 11.8 Å². The summed E-state index contributed by atoms with van der Waals surface area (Å²) in [7, 11) is 1.86. The minimum Gasteiger partial charge on any atom is -0.345 e. The Balaban J connectivity index is 1.56. The Kier molecular flexibility index (Phi) is 5.84. The molecule has 136 valence electrons. The summed E-state index contributed by atoms with van der Waals surface area (Å²) in [5, 5.41) is 0.803. The van der Waals surface area contributed by atoms with Crippen LogP contribution in [0.5, 0.6) is 0 Å². The van der Waals surface area contributed by atoms with Crippen LogP contribution in [0.2, 0.25) is 0 Å². The Labute approximate surface area is 156 Å². The van der Waals surface area contributed by atoms with Gasteiger partial charge in [-0.1, -0.05) is 13.8 Å². The van der Waals surface area contributed by atoms with Crippen molar-refractivity contribution in [1.29, 1.82) is 0 Å². The van der Waals surface area contributed by atoms with E-state index in [1.54, 1.807) is 28.0 Å². The van der Waals surface area contributed by atoms with Gasteiger partial charge in [-0.25, -0.2) is 4.98 Å². The normalized spacial score (nSPS) is 13.6. The predicted octanol–water partition coefficient (Wildman–Crippen LogP) is 3.21. The quantitative estimate of drug-likeness (QED) is 0.750. The van der Waals surface area contributed by atoms with Crippen molar-refractivity contribution in [2.24, 2.45) is 5.92 Å². The maximum atomic E-state index is 12.4. The molecule has 0 spiro atoms. The molecule has 0 unspecified atom stereocenters. The van der Waals surface area contributed by atoms with E-state index in [0.717, 1.165) is 41.8 Å². The van der Waals surface area contributed by atoms with Crippen molar-refractivity contribution in [2.75, 3.05) is 19.3 Å². The van der Waals surface area contributed by atoms with Gasteiger partial charge in [0.15, 0.2) is 0 Å². The largest absolute Gasteiger partial charge is 0.345 e. The number of hydrogen-bond acceptors (Lipinski definition) is 5. The number of H-pyrrole nitrogens is 1. The molecule has 0 atom stereocenters. The maximum absolute atomic E-state index is 12.4. The van der Waals surface area contributed by atoms with Crippen LogP contribution in [0.3, 0.4) is 0 Å². The van der Waals surface area contributed by atoms with Crippen molar-refractivity contribution < 1.29 is 4.79 Å². The highest BCUT2D eigenvalue weighted by atomic mass is 32.2. The summed E-state index contributed by atoms with van der Waals surface area (Å²) >= 11 is 3.31. The van der Waals surface area contributed by atoms with Gasteiger partial charge in [0.25, 0.3) is 5.56 Å². The summed E-state index contributed by atoms with van der Waals surface area (Å²) in [5.74, 6) is 2.74. The number of aromatic nitrogens is 2. The summed E-state index contributed by atoms with van der Waals surface area (Å²) in [6, 6.07) is 0. The van der Waals surface area contributed by atoms with Gasteiger partial charge < -0.3 is 9.88 Å². The molecular formula is C18H25N3O2S2. The van der Waals surface area contributed by atoms with Crippen molar-refractivity contribution in [3.63, 3.8) is 0 Å². The molecule has 0 saturated heterocycles. The highest BCUT2D eigenvalue weighted by Crippen LogP contribution is 2.34. The summed E-state index contributed by atoms with van der Waals surface area (Å²) in [4.78, 5) is 36.0. The van der Waals surface area contributed by atoms with Crippen LogP contribution < -0.4 is 5.56 Å². The lowest BCUT2D eigenvalue weighted by atomic mass is 10.2. The standard InChI is InChI=1S/C18H25N3O2S2/c1-11(2)9-21(3)15(22)7-8-24-10-14-19-17(23)16-12-5-4-6-13(12)25-18(16)20-14/h11H,4-10H2,1-3H3,(H,19,20,23). The van der Waals surface area contributed by atoms with Crippen LogP contribution in [-0.4, -0.2) is 40.1 Å². The molecule has 1 aliphatic rings. The first-order chi connectivity index (χ1) is 12.0. The molecule has 25 heavy (non-hydrogen) atoms. The first-order valence-corrected chi connectivity index (χ1v) is 10.8. The van der Waals surface area contributed by atoms with E-state index in [2.05, 4.69) is 23.8 Å². The average molecular weight is 380 g/mol. The topological polar surface area (TPSA) is 66.1 Å². The molecule has 3 rings (SSSR count). The fraction of sp³-hybridized carbons (Fsp3) is 0.611. The molecule has 2 heterocycles. The molecule has 0 saturated carbocycles. The van der Waals surface area contributed by atoms with E-state index in [-0.39, 0.29) is 11.5 Å². The zero-order valence-corrected chi connectivity index (χ0v) is 16.7. The summed E-state index contributed by atoms with van der Waals surface area (Å²) in [6.45, 7) is 5.01. The number of thioether (sulfide) groups is 1. The van der Waals surface area contributed by atoms with Gasteiger partial charge >= 0.3 is 0 Å². The Morgan fingerprint density at radius 2 is 2.20 bits per heavy atom. The number of nitrogens with one attached hydrogen (secondary N) is 1. The van der Waals surface area contributed by atoms with E-state index >= 15 is 0 Å². The highest BCUT2D eigenvalue weighted by Gasteiger charge is 2.21. The van der Waals surface area contributed by atoms with Crippen LogP contribution in [0.15, 0.2) is 4.79 Å². The third-order valence-corrected chi connectivity index (χ3v) is 6.54. The van der Waals surface area contributed by atoms with Gasteiger partial charge in [-0.3, -0.25) is 9.59 Å². The molecule has 1 N–H and O–H groups in total. The van der Waals surface area contributed by atoms with Gasteiger partial charge in [-0.15, -0.1) is 11.3 Å². The van der Waals surface area contributed by atoms with Crippen molar-refractivity contribution in [2.45, 2.75) is 45.3 Å². The first-order valence-electron chi connectivity index (χ1n) is 8.81. The summed E-state index contributed by atoms with van der Waals surface area (Å²) in [6.07, 6.45) is 3.74. The van der Waals surface area contributed by atoms with Crippen LogP contribution in [0, 0.1) is 5.92 Å². The Morgan fingerprint density at radius 1 is 1.40 bits per heavy atom. The van der Waals surface area contributed by atoms with Gasteiger partial charge in [0, 0.05) is 30.6 Å². The van der Waals surface area contributed by atoms with Crippen molar-refractivity contribution >= 4 is 39.2 Å². The Hall–Kier alpha value is -1.34. The molecule has 0 aromatic carbocycles. The minimum absolute atomic E-state index is 0.00672. The van der Waals surface area contributed by atoms with Crippen LogP contribution in [0.1, 0.15) is 43.0 Å². The molecule has 1 aliphatic carbocycles. The molecule has 5 nitrogen and oxygen atoms in total. The van der Waals surface area contributed by atoms with Crippen LogP contribution in [-0.2, 0) is 23.4 Å². The zero-order valence-electron chi connectivity index (χ0n) is 15.1.